The molecular weight excluding hydrogens is 160 g/mol. The Morgan fingerprint density at radius 3 is 3.00 bits per heavy atom. The highest BCUT2D eigenvalue weighted by Gasteiger charge is 2.07. The van der Waals surface area contributed by atoms with Gasteiger partial charge in [0.25, 0.3) is 5.56 Å². The largest absolute Gasteiger partial charge is 0.342 e. The Bertz CT molecular complexity index is 419. The lowest BCUT2D eigenvalue weighted by atomic mass is 10.4. The second-order valence-corrected chi connectivity index (χ2v) is 2.02. The van der Waals surface area contributed by atoms with Crippen molar-refractivity contribution >= 4 is 0 Å². The van der Waals surface area contributed by atoms with Gasteiger partial charge in [0.2, 0.25) is 12.2 Å². The average molecular weight is 164 g/mol. The van der Waals surface area contributed by atoms with Gasteiger partial charge < -0.3 is 9.51 Å². The molecule has 0 radical (unpaired) electrons. The molecule has 2 heterocycles. The molecule has 1 N–H and O–H groups in total. The van der Waals surface area contributed by atoms with Gasteiger partial charge in [-0.15, -0.1) is 0 Å². The third kappa shape index (κ3) is 0.986. The normalized spacial score (nSPS) is 10.0. The minimum atomic E-state index is -0.334. The van der Waals surface area contributed by atoms with Crippen LogP contribution >= 0.6 is 0 Å². The summed E-state index contributed by atoms with van der Waals surface area (Å²) < 4.78 is 4.47. The van der Waals surface area contributed by atoms with E-state index in [-0.39, 0.29) is 17.1 Å². The Balaban J connectivity index is 2.63. The molecule has 60 valence electrons. The quantitative estimate of drug-likeness (QED) is 0.631. The monoisotopic (exact) mass is 164 g/mol. The van der Waals surface area contributed by atoms with Gasteiger partial charge in [0.05, 0.1) is 0 Å². The van der Waals surface area contributed by atoms with Crippen molar-refractivity contribution in [3.63, 3.8) is 0 Å². The van der Waals surface area contributed by atoms with Crippen molar-refractivity contribution in [1.29, 1.82) is 0 Å². The minimum absolute atomic E-state index is 0.159. The van der Waals surface area contributed by atoms with Crippen LogP contribution in [-0.2, 0) is 0 Å². The molecule has 0 saturated heterocycles. The molecule has 2 rings (SSSR count). The Morgan fingerprint density at radius 2 is 2.33 bits per heavy atom. The van der Waals surface area contributed by atoms with Crippen molar-refractivity contribution in [2.75, 3.05) is 0 Å². The van der Waals surface area contributed by atoms with Gasteiger partial charge >= 0.3 is 0 Å². The first kappa shape index (κ1) is 6.71. The molecule has 0 aliphatic carbocycles. The first-order valence-electron chi connectivity index (χ1n) is 3.18. The summed E-state index contributed by atoms with van der Waals surface area (Å²) in [4.78, 5) is 21.0. The van der Waals surface area contributed by atoms with Crippen LogP contribution in [-0.4, -0.2) is 20.1 Å². The van der Waals surface area contributed by atoms with E-state index in [1.54, 1.807) is 0 Å². The van der Waals surface area contributed by atoms with E-state index in [9.17, 15) is 4.79 Å². The van der Waals surface area contributed by atoms with Gasteiger partial charge in [0.15, 0.2) is 5.69 Å². The second kappa shape index (κ2) is 2.57. The standard InChI is InChI=1S/C6H4N4O2/c11-6-4(7-1-2-8-6)5-9-3-12-10-5/h1-3H,(H,8,11). The van der Waals surface area contributed by atoms with Crippen molar-refractivity contribution in [3.05, 3.63) is 29.1 Å². The van der Waals surface area contributed by atoms with Crippen molar-refractivity contribution in [2.24, 2.45) is 0 Å². The lowest BCUT2D eigenvalue weighted by molar-refractivity contribution is 0.418. The summed E-state index contributed by atoms with van der Waals surface area (Å²) in [7, 11) is 0. The molecule has 0 saturated carbocycles. The summed E-state index contributed by atoms with van der Waals surface area (Å²) in [5.41, 5.74) is -0.176. The molecule has 0 spiro atoms. The highest BCUT2D eigenvalue weighted by molar-refractivity contribution is 5.44. The molecular formula is C6H4N4O2. The number of aromatic nitrogens is 4. The van der Waals surface area contributed by atoms with Crippen LogP contribution in [0.4, 0.5) is 0 Å². The number of hydrogen-bond donors (Lipinski definition) is 1. The topological polar surface area (TPSA) is 84.7 Å². The Morgan fingerprint density at radius 1 is 1.42 bits per heavy atom. The predicted octanol–water partition coefficient (Wildman–Crippen LogP) is -0.180. The van der Waals surface area contributed by atoms with Gasteiger partial charge in [-0.2, -0.15) is 4.98 Å². The summed E-state index contributed by atoms with van der Waals surface area (Å²) in [5, 5.41) is 3.48. The zero-order valence-corrected chi connectivity index (χ0v) is 5.89. The van der Waals surface area contributed by atoms with Crippen LogP contribution in [0, 0.1) is 0 Å². The third-order valence-corrected chi connectivity index (χ3v) is 1.28. The van der Waals surface area contributed by atoms with Gasteiger partial charge in [0.1, 0.15) is 0 Å². The van der Waals surface area contributed by atoms with Gasteiger partial charge in [-0.3, -0.25) is 4.79 Å². The van der Waals surface area contributed by atoms with Crippen molar-refractivity contribution < 1.29 is 4.52 Å². The maximum Gasteiger partial charge on any atom is 0.277 e. The molecule has 0 amide bonds. The molecule has 0 aliphatic heterocycles. The van der Waals surface area contributed by atoms with E-state index in [1.165, 1.54) is 12.4 Å². The second-order valence-electron chi connectivity index (χ2n) is 2.02. The molecule has 12 heavy (non-hydrogen) atoms. The van der Waals surface area contributed by atoms with Gasteiger partial charge in [0, 0.05) is 12.4 Å². The van der Waals surface area contributed by atoms with E-state index in [4.69, 9.17) is 0 Å². The predicted molar refractivity (Wildman–Crippen MR) is 38.1 cm³/mol. The smallest absolute Gasteiger partial charge is 0.277 e. The fourth-order valence-corrected chi connectivity index (χ4v) is 0.786. The Labute approximate surface area is 66.3 Å². The van der Waals surface area contributed by atoms with Crippen LogP contribution < -0.4 is 5.56 Å². The maximum atomic E-state index is 11.1. The molecule has 0 fully saturated rings. The lowest BCUT2D eigenvalue weighted by Crippen LogP contribution is -2.10. The highest BCUT2D eigenvalue weighted by Crippen LogP contribution is 2.02. The van der Waals surface area contributed by atoms with Crippen LogP contribution in [0.3, 0.4) is 0 Å². The number of rotatable bonds is 1. The van der Waals surface area contributed by atoms with E-state index >= 15 is 0 Å². The van der Waals surface area contributed by atoms with Crippen LogP contribution in [0.15, 0.2) is 28.1 Å². The fourth-order valence-electron chi connectivity index (χ4n) is 0.786. The van der Waals surface area contributed by atoms with Crippen molar-refractivity contribution in [3.8, 4) is 11.5 Å². The number of nitrogens with one attached hydrogen (secondary N) is 1. The molecule has 0 unspecified atom stereocenters. The summed E-state index contributed by atoms with van der Waals surface area (Å²) >= 11 is 0. The summed E-state index contributed by atoms with van der Waals surface area (Å²) in [6.45, 7) is 0. The molecule has 0 aliphatic rings. The van der Waals surface area contributed by atoms with E-state index in [2.05, 4.69) is 24.6 Å². The summed E-state index contributed by atoms with van der Waals surface area (Å²) in [5.74, 6) is 0.192. The van der Waals surface area contributed by atoms with Gasteiger partial charge in [-0.25, -0.2) is 4.98 Å². The van der Waals surface area contributed by atoms with E-state index in [0.29, 0.717) is 0 Å². The Hall–Kier alpha value is -1.98. The molecule has 2 aromatic heterocycles. The van der Waals surface area contributed by atoms with Crippen LogP contribution in [0.2, 0.25) is 0 Å². The molecule has 0 atom stereocenters. The molecule has 0 bridgehead atoms. The number of aromatic amines is 1. The SMILES string of the molecule is O=c1[nH]ccnc1-c1ncon1. The molecule has 0 aromatic carbocycles. The number of H-pyrrole nitrogens is 1. The minimum Gasteiger partial charge on any atom is -0.342 e. The Kier molecular flexibility index (Phi) is 1.44. The average Bonchev–Trinajstić information content (AvgIpc) is 2.57. The summed E-state index contributed by atoms with van der Waals surface area (Å²) in [6.07, 6.45) is 4.03. The highest BCUT2D eigenvalue weighted by atomic mass is 16.5. The third-order valence-electron chi connectivity index (χ3n) is 1.28. The number of hydrogen-bond acceptors (Lipinski definition) is 5. The van der Waals surface area contributed by atoms with Gasteiger partial charge in [-0.05, 0) is 0 Å². The van der Waals surface area contributed by atoms with Crippen LogP contribution in [0.5, 0.6) is 0 Å². The number of nitrogens with zero attached hydrogens (tertiary/aromatic N) is 3. The van der Waals surface area contributed by atoms with Crippen LogP contribution in [0.1, 0.15) is 0 Å². The lowest BCUT2D eigenvalue weighted by Gasteiger charge is -1.88. The molecule has 6 heteroatoms. The first-order valence-corrected chi connectivity index (χ1v) is 3.18. The van der Waals surface area contributed by atoms with E-state index in [0.717, 1.165) is 6.39 Å². The maximum absolute atomic E-state index is 11.1. The van der Waals surface area contributed by atoms with Crippen molar-refractivity contribution in [2.45, 2.75) is 0 Å². The van der Waals surface area contributed by atoms with Gasteiger partial charge in [-0.1, -0.05) is 5.16 Å². The first-order chi connectivity index (χ1) is 5.88. The zero-order chi connectivity index (χ0) is 8.39. The van der Waals surface area contributed by atoms with Crippen molar-refractivity contribution in [1.82, 2.24) is 20.1 Å². The zero-order valence-electron chi connectivity index (χ0n) is 5.89. The molecule has 6 nitrogen and oxygen atoms in total. The fraction of sp³-hybridized carbons (Fsp3) is 0. The van der Waals surface area contributed by atoms with Crippen LogP contribution in [0.25, 0.3) is 11.5 Å². The van der Waals surface area contributed by atoms with E-state index in [1.807, 2.05) is 0 Å². The molecule has 2 aromatic rings. The summed E-state index contributed by atoms with van der Waals surface area (Å²) in [6, 6.07) is 0. The van der Waals surface area contributed by atoms with E-state index < -0.39 is 0 Å².